The minimum absolute atomic E-state index is 0.391. The van der Waals surface area contributed by atoms with Crippen LogP contribution in [0.4, 0.5) is 0 Å². The summed E-state index contributed by atoms with van der Waals surface area (Å²) >= 11 is 16.8. The van der Waals surface area contributed by atoms with Crippen molar-refractivity contribution in [2.75, 3.05) is 0 Å². The number of rotatable bonds is 4. The molecule has 0 radical (unpaired) electrons. The summed E-state index contributed by atoms with van der Waals surface area (Å²) in [6, 6.07) is 10.9. The van der Waals surface area contributed by atoms with E-state index >= 15 is 0 Å². The first-order valence-corrected chi connectivity index (χ1v) is 7.10. The van der Waals surface area contributed by atoms with E-state index in [2.05, 4.69) is 0 Å². The predicted molar refractivity (Wildman–Crippen MR) is 87.9 cm³/mol. The van der Waals surface area contributed by atoms with Crippen molar-refractivity contribution >= 4 is 40.4 Å². The number of hydrogen-bond donors (Lipinski definition) is 1. The molecule has 0 aliphatic heterocycles. The molecule has 2 aromatic carbocycles. The Bertz CT molecular complexity index is 638. The summed E-state index contributed by atoms with van der Waals surface area (Å²) in [4.78, 5) is 0.391. The third-order valence-electron chi connectivity index (χ3n) is 2.86. The summed E-state index contributed by atoms with van der Waals surface area (Å²) in [5.41, 5.74) is 8.58. The number of benzene rings is 2. The largest absolute Gasteiger partial charge is 0.489 e. The van der Waals surface area contributed by atoms with Gasteiger partial charge in [-0.2, -0.15) is 0 Å². The molecule has 20 heavy (non-hydrogen) atoms. The highest BCUT2D eigenvalue weighted by atomic mass is 35.5. The van der Waals surface area contributed by atoms with Crippen LogP contribution in [-0.2, 0) is 6.61 Å². The van der Waals surface area contributed by atoms with E-state index in [1.54, 1.807) is 18.2 Å². The highest BCUT2D eigenvalue weighted by molar-refractivity contribution is 7.80. The number of aryl methyl sites for hydroxylation is 1. The maximum absolute atomic E-state index is 5.93. The molecule has 2 aromatic rings. The Morgan fingerprint density at radius 2 is 1.80 bits per heavy atom. The molecule has 0 amide bonds. The monoisotopic (exact) mass is 325 g/mol. The zero-order valence-corrected chi connectivity index (χ0v) is 13.1. The van der Waals surface area contributed by atoms with Crippen molar-refractivity contribution < 1.29 is 4.74 Å². The van der Waals surface area contributed by atoms with Crippen molar-refractivity contribution in [2.45, 2.75) is 13.5 Å². The van der Waals surface area contributed by atoms with Gasteiger partial charge in [0.25, 0.3) is 0 Å². The molecule has 0 atom stereocenters. The molecule has 0 saturated carbocycles. The van der Waals surface area contributed by atoms with Gasteiger partial charge >= 0.3 is 0 Å². The van der Waals surface area contributed by atoms with Gasteiger partial charge in [-0.15, -0.1) is 0 Å². The number of nitrogens with two attached hydrogens (primary N) is 1. The fourth-order valence-electron chi connectivity index (χ4n) is 1.78. The highest BCUT2D eigenvalue weighted by Crippen LogP contribution is 2.25. The fourth-order valence-corrected chi connectivity index (χ4v) is 2.42. The Morgan fingerprint density at radius 3 is 2.35 bits per heavy atom. The first-order valence-electron chi connectivity index (χ1n) is 5.94. The second kappa shape index (κ2) is 6.44. The normalized spacial score (nSPS) is 10.3. The van der Waals surface area contributed by atoms with Crippen LogP contribution in [0.5, 0.6) is 5.75 Å². The molecule has 5 heteroatoms. The summed E-state index contributed by atoms with van der Waals surface area (Å²) < 4.78 is 5.70. The van der Waals surface area contributed by atoms with Gasteiger partial charge in [0.2, 0.25) is 0 Å². The van der Waals surface area contributed by atoms with Crippen LogP contribution in [0, 0.1) is 6.92 Å². The summed E-state index contributed by atoms with van der Waals surface area (Å²) in [5.74, 6) is 0.639. The van der Waals surface area contributed by atoms with Crippen molar-refractivity contribution in [1.29, 1.82) is 0 Å². The van der Waals surface area contributed by atoms with Crippen LogP contribution in [-0.4, -0.2) is 4.99 Å². The molecule has 0 aliphatic carbocycles. The van der Waals surface area contributed by atoms with E-state index in [1.807, 2.05) is 25.1 Å². The predicted octanol–water partition coefficient (Wildman–Crippen LogP) is 4.52. The molecule has 0 heterocycles. The average Bonchev–Trinajstić information content (AvgIpc) is 2.36. The second-order valence-corrected chi connectivity index (χ2v) is 5.71. The van der Waals surface area contributed by atoms with Gasteiger partial charge in [0.05, 0.1) is 0 Å². The van der Waals surface area contributed by atoms with E-state index in [-0.39, 0.29) is 0 Å². The molecule has 2 nitrogen and oxygen atoms in total. The molecule has 0 bridgehead atoms. The van der Waals surface area contributed by atoms with Crippen molar-refractivity contribution in [3.8, 4) is 5.75 Å². The van der Waals surface area contributed by atoms with Crippen molar-refractivity contribution in [2.24, 2.45) is 5.73 Å². The standard InChI is InChI=1S/C15H13Cl2NOS/c1-9-4-10(15(18)20)2-3-11(9)8-19-14-6-12(16)5-13(17)7-14/h2-7H,8H2,1H3,(H2,18,20). The lowest BCUT2D eigenvalue weighted by atomic mass is 10.1. The molecule has 0 spiro atoms. The third-order valence-corrected chi connectivity index (χ3v) is 3.53. The molecule has 2 rings (SSSR count). The number of ether oxygens (including phenoxy) is 1. The molecule has 2 N–H and O–H groups in total. The quantitative estimate of drug-likeness (QED) is 0.839. The van der Waals surface area contributed by atoms with Crippen LogP contribution in [0.1, 0.15) is 16.7 Å². The van der Waals surface area contributed by atoms with E-state index in [0.29, 0.717) is 27.4 Å². The second-order valence-electron chi connectivity index (χ2n) is 4.40. The van der Waals surface area contributed by atoms with Crippen LogP contribution in [0.2, 0.25) is 10.0 Å². The lowest BCUT2D eigenvalue weighted by molar-refractivity contribution is 0.305. The van der Waals surface area contributed by atoms with E-state index in [1.165, 1.54) is 0 Å². The summed E-state index contributed by atoms with van der Waals surface area (Å²) in [6.45, 7) is 2.42. The van der Waals surface area contributed by atoms with Crippen LogP contribution < -0.4 is 10.5 Å². The Balaban J connectivity index is 2.12. The summed E-state index contributed by atoms with van der Waals surface area (Å²) in [6.07, 6.45) is 0. The topological polar surface area (TPSA) is 35.2 Å². The van der Waals surface area contributed by atoms with E-state index in [4.69, 9.17) is 45.9 Å². The third kappa shape index (κ3) is 3.85. The van der Waals surface area contributed by atoms with Gasteiger partial charge in [0.15, 0.2) is 0 Å². The van der Waals surface area contributed by atoms with Gasteiger partial charge in [-0.3, -0.25) is 0 Å². The molecule has 0 fully saturated rings. The van der Waals surface area contributed by atoms with Gasteiger partial charge in [-0.05, 0) is 42.3 Å². The Morgan fingerprint density at radius 1 is 1.15 bits per heavy atom. The van der Waals surface area contributed by atoms with Crippen molar-refractivity contribution in [1.82, 2.24) is 0 Å². The maximum Gasteiger partial charge on any atom is 0.122 e. The Labute approximate surface area is 133 Å². The molecule has 0 unspecified atom stereocenters. The van der Waals surface area contributed by atoms with Gasteiger partial charge in [0, 0.05) is 15.6 Å². The fraction of sp³-hybridized carbons (Fsp3) is 0.133. The molecule has 104 valence electrons. The Kier molecular flexibility index (Phi) is 4.86. The molecular formula is C15H13Cl2NOS. The van der Waals surface area contributed by atoms with Gasteiger partial charge in [-0.25, -0.2) is 0 Å². The highest BCUT2D eigenvalue weighted by Gasteiger charge is 2.04. The Hall–Kier alpha value is -1.29. The smallest absolute Gasteiger partial charge is 0.122 e. The number of hydrogen-bond acceptors (Lipinski definition) is 2. The summed E-state index contributed by atoms with van der Waals surface area (Å²) in [5, 5.41) is 1.10. The van der Waals surface area contributed by atoms with Crippen LogP contribution in [0.3, 0.4) is 0 Å². The first-order chi connectivity index (χ1) is 9.45. The number of thiocarbonyl (C=S) groups is 1. The van der Waals surface area contributed by atoms with Crippen molar-refractivity contribution in [3.05, 3.63) is 63.1 Å². The lowest BCUT2D eigenvalue weighted by Gasteiger charge is -2.10. The first kappa shape index (κ1) is 15.1. The maximum atomic E-state index is 5.93. The van der Waals surface area contributed by atoms with Gasteiger partial charge < -0.3 is 10.5 Å². The molecule has 0 aliphatic rings. The van der Waals surface area contributed by atoms with E-state index in [0.717, 1.165) is 16.7 Å². The average molecular weight is 326 g/mol. The minimum Gasteiger partial charge on any atom is -0.489 e. The van der Waals surface area contributed by atoms with Gasteiger partial charge in [0.1, 0.15) is 17.3 Å². The summed E-state index contributed by atoms with van der Waals surface area (Å²) in [7, 11) is 0. The van der Waals surface area contributed by atoms with E-state index in [9.17, 15) is 0 Å². The van der Waals surface area contributed by atoms with Crippen LogP contribution in [0.15, 0.2) is 36.4 Å². The SMILES string of the molecule is Cc1cc(C(N)=S)ccc1COc1cc(Cl)cc(Cl)c1. The minimum atomic E-state index is 0.391. The van der Waals surface area contributed by atoms with E-state index < -0.39 is 0 Å². The van der Waals surface area contributed by atoms with Crippen LogP contribution in [0.25, 0.3) is 0 Å². The molecular weight excluding hydrogens is 313 g/mol. The van der Waals surface area contributed by atoms with Gasteiger partial charge in [-0.1, -0.05) is 47.6 Å². The zero-order valence-electron chi connectivity index (χ0n) is 10.8. The number of halogens is 2. The van der Waals surface area contributed by atoms with Crippen molar-refractivity contribution in [3.63, 3.8) is 0 Å². The van der Waals surface area contributed by atoms with Crippen LogP contribution >= 0.6 is 35.4 Å². The zero-order chi connectivity index (χ0) is 14.7. The molecule has 0 saturated heterocycles. The lowest BCUT2D eigenvalue weighted by Crippen LogP contribution is -2.10. The molecule has 0 aromatic heterocycles.